The minimum Gasteiger partial charge on any atom is -0.457 e. The summed E-state index contributed by atoms with van der Waals surface area (Å²) in [5, 5.41) is 3.13. The van der Waals surface area contributed by atoms with Crippen molar-refractivity contribution in [1.82, 2.24) is 5.32 Å². The van der Waals surface area contributed by atoms with Gasteiger partial charge in [-0.2, -0.15) is 0 Å². The van der Waals surface area contributed by atoms with E-state index in [2.05, 4.69) is 21.2 Å². The maximum absolute atomic E-state index is 12.7. The minimum atomic E-state index is -0.234. The molecule has 0 saturated carbocycles. The average Bonchev–Trinajstić information content (AvgIpc) is 2.62. The largest absolute Gasteiger partial charge is 0.457 e. The maximum atomic E-state index is 12.7. The van der Waals surface area contributed by atoms with Crippen LogP contribution in [-0.2, 0) is 0 Å². The van der Waals surface area contributed by atoms with Crippen LogP contribution in [0.15, 0.2) is 77.3 Å². The van der Waals surface area contributed by atoms with Crippen molar-refractivity contribution in [3.63, 3.8) is 0 Å². The first-order valence-electron chi connectivity index (χ1n) is 7.64. The van der Waals surface area contributed by atoms with E-state index in [0.717, 1.165) is 27.1 Å². The molecule has 4 rings (SSSR count). The monoisotopic (exact) mass is 379 g/mol. The van der Waals surface area contributed by atoms with Gasteiger partial charge in [0.25, 0.3) is 5.91 Å². The van der Waals surface area contributed by atoms with Gasteiger partial charge in [-0.15, -0.1) is 0 Å². The molecule has 0 bridgehead atoms. The summed E-state index contributed by atoms with van der Waals surface area (Å²) in [7, 11) is 0. The molecule has 1 N–H and O–H groups in total. The summed E-state index contributed by atoms with van der Waals surface area (Å²) in [6, 6.07) is 22.7. The molecule has 3 nitrogen and oxygen atoms in total. The number of hydrogen-bond donors (Lipinski definition) is 1. The Morgan fingerprint density at radius 2 is 1.38 bits per heavy atom. The fourth-order valence-corrected chi connectivity index (χ4v) is 3.15. The quantitative estimate of drug-likeness (QED) is 0.674. The van der Waals surface area contributed by atoms with Crippen molar-refractivity contribution >= 4 is 21.8 Å². The number of fused-ring (bicyclic) bond motifs is 2. The number of carbonyl (C=O) groups excluding carboxylic acids is 1. The van der Waals surface area contributed by atoms with Crippen LogP contribution in [0.25, 0.3) is 0 Å². The van der Waals surface area contributed by atoms with Gasteiger partial charge in [-0.25, -0.2) is 0 Å². The van der Waals surface area contributed by atoms with Crippen LogP contribution in [0.4, 0.5) is 0 Å². The van der Waals surface area contributed by atoms with Crippen molar-refractivity contribution in [3.05, 3.63) is 94.0 Å². The number of para-hydroxylation sites is 2. The molecule has 0 atom stereocenters. The first-order chi connectivity index (χ1) is 11.7. The third kappa shape index (κ3) is 2.69. The second-order valence-electron chi connectivity index (χ2n) is 5.59. The molecule has 1 aliphatic rings. The third-order valence-electron chi connectivity index (χ3n) is 4.06. The molecule has 0 spiro atoms. The Labute approximate surface area is 148 Å². The highest BCUT2D eigenvalue weighted by atomic mass is 79.9. The lowest BCUT2D eigenvalue weighted by molar-refractivity contribution is 0.0941. The van der Waals surface area contributed by atoms with E-state index in [-0.39, 0.29) is 11.9 Å². The molecular formula is C20H14BrNO2. The van der Waals surface area contributed by atoms with Crippen LogP contribution >= 0.6 is 15.9 Å². The molecule has 1 heterocycles. The van der Waals surface area contributed by atoms with Gasteiger partial charge in [-0.05, 0) is 36.4 Å². The summed E-state index contributed by atoms with van der Waals surface area (Å²) < 4.78 is 6.90. The van der Waals surface area contributed by atoms with E-state index in [9.17, 15) is 4.79 Å². The van der Waals surface area contributed by atoms with Crippen molar-refractivity contribution in [2.75, 3.05) is 0 Å². The molecule has 0 unspecified atom stereocenters. The lowest BCUT2D eigenvalue weighted by Gasteiger charge is -2.28. The van der Waals surface area contributed by atoms with Crippen LogP contribution in [0.1, 0.15) is 27.5 Å². The van der Waals surface area contributed by atoms with Crippen molar-refractivity contribution in [3.8, 4) is 11.5 Å². The van der Waals surface area contributed by atoms with Crippen molar-refractivity contribution in [2.24, 2.45) is 0 Å². The fourth-order valence-electron chi connectivity index (χ4n) is 2.88. The molecule has 3 aromatic rings. The molecule has 0 aliphatic carbocycles. The van der Waals surface area contributed by atoms with Crippen LogP contribution in [0.3, 0.4) is 0 Å². The Balaban J connectivity index is 1.72. The maximum Gasteiger partial charge on any atom is 0.252 e. The van der Waals surface area contributed by atoms with Crippen LogP contribution in [0.5, 0.6) is 11.5 Å². The lowest BCUT2D eigenvalue weighted by atomic mass is 9.94. The SMILES string of the molecule is O=C(NC1c2ccccc2Oc2ccccc21)c1ccc(Br)cc1. The van der Waals surface area contributed by atoms with Gasteiger partial charge in [0, 0.05) is 21.2 Å². The van der Waals surface area contributed by atoms with Crippen molar-refractivity contribution in [1.29, 1.82) is 0 Å². The van der Waals surface area contributed by atoms with E-state index in [4.69, 9.17) is 4.74 Å². The number of rotatable bonds is 2. The average molecular weight is 380 g/mol. The van der Waals surface area contributed by atoms with Crippen LogP contribution in [0.2, 0.25) is 0 Å². The molecule has 1 amide bonds. The topological polar surface area (TPSA) is 38.3 Å². The van der Waals surface area contributed by atoms with Gasteiger partial charge >= 0.3 is 0 Å². The minimum absolute atomic E-state index is 0.112. The number of amides is 1. The van der Waals surface area contributed by atoms with E-state index >= 15 is 0 Å². The summed E-state index contributed by atoms with van der Waals surface area (Å²) in [6.07, 6.45) is 0. The Kier molecular flexibility index (Phi) is 3.82. The van der Waals surface area contributed by atoms with Gasteiger partial charge in [0.2, 0.25) is 0 Å². The lowest BCUT2D eigenvalue weighted by Crippen LogP contribution is -2.31. The zero-order valence-corrected chi connectivity index (χ0v) is 14.3. The first kappa shape index (κ1) is 15.0. The predicted molar refractivity (Wildman–Crippen MR) is 96.4 cm³/mol. The summed E-state index contributed by atoms with van der Waals surface area (Å²) in [4.78, 5) is 12.7. The number of carbonyl (C=O) groups is 1. The van der Waals surface area contributed by atoms with Gasteiger partial charge in [0.15, 0.2) is 0 Å². The molecule has 0 fully saturated rings. The second-order valence-corrected chi connectivity index (χ2v) is 6.51. The standard InChI is InChI=1S/C20H14BrNO2/c21-14-11-9-13(10-12-14)20(23)22-19-15-5-1-3-7-17(15)24-18-8-4-2-6-16(18)19/h1-12,19H,(H,22,23). The highest BCUT2D eigenvalue weighted by Gasteiger charge is 2.28. The van der Waals surface area contributed by atoms with Crippen LogP contribution < -0.4 is 10.1 Å². The van der Waals surface area contributed by atoms with Gasteiger partial charge < -0.3 is 10.1 Å². The number of halogens is 1. The number of benzene rings is 3. The molecule has 4 heteroatoms. The first-order valence-corrected chi connectivity index (χ1v) is 8.44. The van der Waals surface area contributed by atoms with Crippen LogP contribution in [-0.4, -0.2) is 5.91 Å². The molecule has 0 aromatic heterocycles. The van der Waals surface area contributed by atoms with E-state index in [1.54, 1.807) is 12.1 Å². The zero-order valence-electron chi connectivity index (χ0n) is 12.7. The second kappa shape index (κ2) is 6.13. The molecule has 118 valence electrons. The third-order valence-corrected chi connectivity index (χ3v) is 4.59. The van der Waals surface area contributed by atoms with Crippen molar-refractivity contribution in [2.45, 2.75) is 6.04 Å². The summed E-state index contributed by atoms with van der Waals surface area (Å²) in [5.74, 6) is 1.44. The van der Waals surface area contributed by atoms with Gasteiger partial charge in [0.05, 0.1) is 6.04 Å². The smallest absolute Gasteiger partial charge is 0.252 e. The fraction of sp³-hybridized carbons (Fsp3) is 0.0500. The predicted octanol–water partition coefficient (Wildman–Crippen LogP) is 5.07. The highest BCUT2D eigenvalue weighted by molar-refractivity contribution is 9.10. The summed E-state index contributed by atoms with van der Waals surface area (Å²) >= 11 is 3.39. The van der Waals surface area contributed by atoms with Crippen molar-refractivity contribution < 1.29 is 9.53 Å². The van der Waals surface area contributed by atoms with Crippen LogP contribution in [0, 0.1) is 0 Å². The molecule has 0 radical (unpaired) electrons. The number of nitrogens with one attached hydrogen (secondary N) is 1. The number of hydrogen-bond acceptors (Lipinski definition) is 2. The molecule has 3 aromatic carbocycles. The van der Waals surface area contributed by atoms with Gasteiger partial charge in [-0.1, -0.05) is 52.3 Å². The zero-order chi connectivity index (χ0) is 16.5. The van der Waals surface area contributed by atoms with E-state index < -0.39 is 0 Å². The van der Waals surface area contributed by atoms with E-state index in [1.807, 2.05) is 60.7 Å². The molecular weight excluding hydrogens is 366 g/mol. The molecule has 24 heavy (non-hydrogen) atoms. The Morgan fingerprint density at radius 3 is 1.96 bits per heavy atom. The van der Waals surface area contributed by atoms with E-state index in [0.29, 0.717) is 5.56 Å². The van der Waals surface area contributed by atoms with Gasteiger partial charge in [0.1, 0.15) is 11.5 Å². The Hall–Kier alpha value is -2.59. The normalized spacial score (nSPS) is 12.7. The Morgan fingerprint density at radius 1 is 0.833 bits per heavy atom. The highest BCUT2D eigenvalue weighted by Crippen LogP contribution is 2.42. The van der Waals surface area contributed by atoms with E-state index in [1.165, 1.54) is 0 Å². The number of ether oxygens (including phenoxy) is 1. The Bertz CT molecular complexity index is 860. The summed E-state index contributed by atoms with van der Waals surface area (Å²) in [6.45, 7) is 0. The van der Waals surface area contributed by atoms with Gasteiger partial charge in [-0.3, -0.25) is 4.79 Å². The molecule has 0 saturated heterocycles. The summed E-state index contributed by atoms with van der Waals surface area (Å²) in [5.41, 5.74) is 2.54. The molecule has 1 aliphatic heterocycles.